The average molecular weight is 221 g/mol. The second-order valence-electron chi connectivity index (χ2n) is 4.66. The number of aliphatic hydroxyl groups is 1. The van der Waals surface area contributed by atoms with Crippen LogP contribution >= 0.6 is 0 Å². The van der Waals surface area contributed by atoms with Gasteiger partial charge >= 0.3 is 0 Å². The first-order chi connectivity index (χ1) is 7.54. The second kappa shape index (κ2) is 5.46. The van der Waals surface area contributed by atoms with E-state index in [2.05, 4.69) is 24.4 Å². The Kier molecular flexibility index (Phi) is 4.51. The number of hydrogen-bond acceptors (Lipinski definition) is 2. The van der Waals surface area contributed by atoms with Gasteiger partial charge in [-0.1, -0.05) is 45.0 Å². The molecule has 1 aromatic rings. The van der Waals surface area contributed by atoms with Crippen molar-refractivity contribution in [2.24, 2.45) is 5.92 Å². The van der Waals surface area contributed by atoms with Crippen LogP contribution in [0.4, 0.5) is 0 Å². The van der Waals surface area contributed by atoms with E-state index in [9.17, 15) is 5.11 Å². The molecule has 0 amide bonds. The number of likely N-dealkylation sites (N-methyl/N-ethyl adjacent to an activating group) is 1. The van der Waals surface area contributed by atoms with Crippen LogP contribution in [0.25, 0.3) is 0 Å². The Morgan fingerprint density at radius 3 is 2.19 bits per heavy atom. The van der Waals surface area contributed by atoms with E-state index in [0.717, 1.165) is 12.0 Å². The van der Waals surface area contributed by atoms with Crippen molar-refractivity contribution in [3.63, 3.8) is 0 Å². The number of rotatable bonds is 5. The standard InChI is InChI=1S/C14H23NO/c1-5-12-6-8-13(9-7-12)14(16,10-15-4)11(2)3/h6-9,11,15-16H,5,10H2,1-4H3. The molecule has 90 valence electrons. The minimum Gasteiger partial charge on any atom is -0.384 e. The van der Waals surface area contributed by atoms with Gasteiger partial charge < -0.3 is 10.4 Å². The molecule has 1 unspecified atom stereocenters. The minimum absolute atomic E-state index is 0.187. The molecule has 0 aliphatic rings. The lowest BCUT2D eigenvalue weighted by Gasteiger charge is -2.32. The Morgan fingerprint density at radius 2 is 1.81 bits per heavy atom. The summed E-state index contributed by atoms with van der Waals surface area (Å²) in [6, 6.07) is 8.27. The van der Waals surface area contributed by atoms with Crippen LogP contribution in [-0.4, -0.2) is 18.7 Å². The maximum atomic E-state index is 10.7. The van der Waals surface area contributed by atoms with Gasteiger partial charge in [0, 0.05) is 6.54 Å². The summed E-state index contributed by atoms with van der Waals surface area (Å²) in [6.07, 6.45) is 1.03. The van der Waals surface area contributed by atoms with Crippen molar-refractivity contribution in [2.75, 3.05) is 13.6 Å². The first kappa shape index (κ1) is 13.2. The van der Waals surface area contributed by atoms with Crippen molar-refractivity contribution >= 4 is 0 Å². The third-order valence-corrected chi connectivity index (χ3v) is 3.26. The first-order valence-corrected chi connectivity index (χ1v) is 6.01. The Bertz CT molecular complexity index is 318. The van der Waals surface area contributed by atoms with Crippen molar-refractivity contribution in [3.05, 3.63) is 35.4 Å². The van der Waals surface area contributed by atoms with Gasteiger partial charge in [-0.15, -0.1) is 0 Å². The van der Waals surface area contributed by atoms with Crippen molar-refractivity contribution in [2.45, 2.75) is 32.8 Å². The van der Waals surface area contributed by atoms with E-state index in [1.165, 1.54) is 5.56 Å². The lowest BCUT2D eigenvalue weighted by Crippen LogP contribution is -2.41. The number of benzene rings is 1. The third-order valence-electron chi connectivity index (χ3n) is 3.26. The van der Waals surface area contributed by atoms with Gasteiger partial charge in [-0.05, 0) is 30.5 Å². The van der Waals surface area contributed by atoms with Gasteiger partial charge in [-0.25, -0.2) is 0 Å². The quantitative estimate of drug-likeness (QED) is 0.799. The predicted molar refractivity (Wildman–Crippen MR) is 68.5 cm³/mol. The monoisotopic (exact) mass is 221 g/mol. The van der Waals surface area contributed by atoms with Gasteiger partial charge in [0.05, 0.1) is 0 Å². The molecule has 0 radical (unpaired) electrons. The lowest BCUT2D eigenvalue weighted by atomic mass is 9.83. The molecule has 0 saturated heterocycles. The topological polar surface area (TPSA) is 32.3 Å². The molecule has 0 aliphatic carbocycles. The molecular formula is C14H23NO. The SMILES string of the molecule is CCc1ccc(C(O)(CNC)C(C)C)cc1. The summed E-state index contributed by atoms with van der Waals surface area (Å²) in [5, 5.41) is 13.7. The zero-order valence-corrected chi connectivity index (χ0v) is 10.7. The highest BCUT2D eigenvalue weighted by atomic mass is 16.3. The number of aryl methyl sites for hydroxylation is 1. The van der Waals surface area contributed by atoms with Crippen LogP contribution in [0.3, 0.4) is 0 Å². The highest BCUT2D eigenvalue weighted by molar-refractivity contribution is 5.28. The lowest BCUT2D eigenvalue weighted by molar-refractivity contribution is -0.00758. The number of hydrogen-bond donors (Lipinski definition) is 2. The van der Waals surface area contributed by atoms with Crippen LogP contribution in [0, 0.1) is 5.92 Å². The van der Waals surface area contributed by atoms with Crippen LogP contribution in [0.2, 0.25) is 0 Å². The van der Waals surface area contributed by atoms with Crippen LogP contribution < -0.4 is 5.32 Å². The summed E-state index contributed by atoms with van der Waals surface area (Å²) in [7, 11) is 1.87. The maximum Gasteiger partial charge on any atom is 0.104 e. The molecule has 2 N–H and O–H groups in total. The molecule has 0 aromatic heterocycles. The van der Waals surface area contributed by atoms with E-state index in [4.69, 9.17) is 0 Å². The minimum atomic E-state index is -0.777. The van der Waals surface area contributed by atoms with Gasteiger partial charge in [0.1, 0.15) is 5.60 Å². The highest BCUT2D eigenvalue weighted by Crippen LogP contribution is 2.29. The van der Waals surface area contributed by atoms with Crippen LogP contribution in [-0.2, 0) is 12.0 Å². The van der Waals surface area contributed by atoms with E-state index < -0.39 is 5.60 Å². The molecule has 1 aromatic carbocycles. The predicted octanol–water partition coefficient (Wildman–Crippen LogP) is 2.31. The van der Waals surface area contributed by atoms with Gasteiger partial charge in [0.2, 0.25) is 0 Å². The molecule has 0 aliphatic heterocycles. The summed E-state index contributed by atoms with van der Waals surface area (Å²) >= 11 is 0. The third kappa shape index (κ3) is 2.63. The molecule has 1 atom stereocenters. The molecule has 2 nitrogen and oxygen atoms in total. The molecule has 1 rings (SSSR count). The van der Waals surface area contributed by atoms with Crippen LogP contribution in [0.5, 0.6) is 0 Å². The van der Waals surface area contributed by atoms with Gasteiger partial charge in [0.25, 0.3) is 0 Å². The van der Waals surface area contributed by atoms with Crippen molar-refractivity contribution in [3.8, 4) is 0 Å². The summed E-state index contributed by atoms with van der Waals surface area (Å²) in [6.45, 7) is 6.81. The average Bonchev–Trinajstić information content (AvgIpc) is 2.29. The fourth-order valence-electron chi connectivity index (χ4n) is 1.94. The molecule has 0 saturated carbocycles. The van der Waals surface area contributed by atoms with E-state index in [1.54, 1.807) is 0 Å². The fourth-order valence-corrected chi connectivity index (χ4v) is 1.94. The largest absolute Gasteiger partial charge is 0.384 e. The van der Waals surface area contributed by atoms with Crippen molar-refractivity contribution in [1.82, 2.24) is 5.32 Å². The Morgan fingerprint density at radius 1 is 1.25 bits per heavy atom. The number of nitrogens with one attached hydrogen (secondary N) is 1. The summed E-state index contributed by atoms with van der Waals surface area (Å²) in [5.41, 5.74) is 1.52. The zero-order valence-electron chi connectivity index (χ0n) is 10.7. The van der Waals surface area contributed by atoms with Crippen molar-refractivity contribution < 1.29 is 5.11 Å². The molecule has 16 heavy (non-hydrogen) atoms. The molecular weight excluding hydrogens is 198 g/mol. The molecule has 0 bridgehead atoms. The fraction of sp³-hybridized carbons (Fsp3) is 0.571. The van der Waals surface area contributed by atoms with E-state index in [1.807, 2.05) is 33.0 Å². The first-order valence-electron chi connectivity index (χ1n) is 6.01. The van der Waals surface area contributed by atoms with Gasteiger partial charge in [0.15, 0.2) is 0 Å². The molecule has 0 fully saturated rings. The van der Waals surface area contributed by atoms with Crippen LogP contribution in [0.1, 0.15) is 31.9 Å². The Balaban J connectivity index is 3.01. The molecule has 0 heterocycles. The summed E-state index contributed by atoms with van der Waals surface area (Å²) < 4.78 is 0. The van der Waals surface area contributed by atoms with E-state index in [0.29, 0.717) is 6.54 Å². The van der Waals surface area contributed by atoms with Gasteiger partial charge in [-0.3, -0.25) is 0 Å². The molecule has 0 spiro atoms. The normalized spacial score (nSPS) is 15.1. The zero-order chi connectivity index (χ0) is 12.2. The van der Waals surface area contributed by atoms with Crippen molar-refractivity contribution in [1.29, 1.82) is 0 Å². The maximum absolute atomic E-state index is 10.7. The van der Waals surface area contributed by atoms with Crippen LogP contribution in [0.15, 0.2) is 24.3 Å². The second-order valence-corrected chi connectivity index (χ2v) is 4.66. The van der Waals surface area contributed by atoms with E-state index in [-0.39, 0.29) is 5.92 Å². The molecule has 2 heteroatoms. The summed E-state index contributed by atoms with van der Waals surface area (Å²) in [4.78, 5) is 0. The van der Waals surface area contributed by atoms with Gasteiger partial charge in [-0.2, -0.15) is 0 Å². The summed E-state index contributed by atoms with van der Waals surface area (Å²) in [5.74, 6) is 0.187. The highest BCUT2D eigenvalue weighted by Gasteiger charge is 2.32. The van der Waals surface area contributed by atoms with E-state index >= 15 is 0 Å². The Hall–Kier alpha value is -0.860. The smallest absolute Gasteiger partial charge is 0.104 e. The Labute approximate surface area is 98.7 Å².